The average molecular weight is 257 g/mol. The van der Waals surface area contributed by atoms with Gasteiger partial charge in [0.15, 0.2) is 0 Å². The van der Waals surface area contributed by atoms with Gasteiger partial charge in [-0.3, -0.25) is 4.79 Å². The molecule has 2 N–H and O–H groups in total. The maximum Gasteiger partial charge on any atom is 0.220 e. The lowest BCUT2D eigenvalue weighted by Crippen LogP contribution is -2.46. The lowest BCUT2D eigenvalue weighted by atomic mass is 10.1. The number of aliphatic hydroxyl groups is 1. The lowest BCUT2D eigenvalue weighted by Gasteiger charge is -2.23. The highest BCUT2D eigenvalue weighted by Crippen LogP contribution is 2.10. The fourth-order valence-corrected chi connectivity index (χ4v) is 1.90. The first kappa shape index (κ1) is 17.4. The number of nitrogens with one attached hydrogen (secondary N) is 1. The first-order valence-corrected chi connectivity index (χ1v) is 7.43. The molecule has 0 unspecified atom stereocenters. The van der Waals surface area contributed by atoms with Crippen LogP contribution >= 0.6 is 0 Å². The predicted octanol–water partition coefficient (Wildman–Crippen LogP) is 3.40. The first-order valence-electron chi connectivity index (χ1n) is 7.43. The van der Waals surface area contributed by atoms with Crippen molar-refractivity contribution in [3.8, 4) is 0 Å². The Hall–Kier alpha value is -0.570. The van der Waals surface area contributed by atoms with Crippen molar-refractivity contribution in [1.29, 1.82) is 0 Å². The van der Waals surface area contributed by atoms with Crippen LogP contribution in [-0.4, -0.2) is 23.2 Å². The molecule has 18 heavy (non-hydrogen) atoms. The quantitative estimate of drug-likeness (QED) is 0.557. The van der Waals surface area contributed by atoms with E-state index in [2.05, 4.69) is 12.2 Å². The Balaban J connectivity index is 3.36. The number of unbranched alkanes of at least 4 members (excludes halogenated alkanes) is 7. The van der Waals surface area contributed by atoms with E-state index >= 15 is 0 Å². The molecule has 0 saturated heterocycles. The van der Waals surface area contributed by atoms with Gasteiger partial charge in [-0.15, -0.1) is 0 Å². The van der Waals surface area contributed by atoms with Crippen LogP contribution in [-0.2, 0) is 4.79 Å². The molecule has 0 bridgehead atoms. The van der Waals surface area contributed by atoms with E-state index in [1.165, 1.54) is 38.5 Å². The van der Waals surface area contributed by atoms with E-state index in [0.717, 1.165) is 12.8 Å². The third kappa shape index (κ3) is 10.6. The number of hydrogen-bond donors (Lipinski definition) is 2. The summed E-state index contributed by atoms with van der Waals surface area (Å²) in [6.45, 7) is 5.87. The van der Waals surface area contributed by atoms with Crippen molar-refractivity contribution in [3.05, 3.63) is 0 Å². The number of carbonyl (C=O) groups is 1. The second-order valence-corrected chi connectivity index (χ2v) is 5.82. The van der Waals surface area contributed by atoms with Crippen molar-refractivity contribution in [3.63, 3.8) is 0 Å². The molecule has 3 heteroatoms. The Morgan fingerprint density at radius 1 is 1.00 bits per heavy atom. The number of amides is 1. The molecular formula is C15H31NO2. The van der Waals surface area contributed by atoms with Crippen LogP contribution in [0.5, 0.6) is 0 Å². The summed E-state index contributed by atoms with van der Waals surface area (Å²) in [6, 6.07) is 0. The zero-order valence-corrected chi connectivity index (χ0v) is 12.4. The molecule has 108 valence electrons. The Labute approximate surface area is 112 Å². The van der Waals surface area contributed by atoms with Crippen molar-refractivity contribution in [2.24, 2.45) is 0 Å². The standard InChI is InChI=1S/C15H31NO2/c1-4-5-6-7-8-9-10-11-12-14(18)16-15(2,3)13-17/h17H,4-13H2,1-3H3,(H,16,18). The molecule has 0 radical (unpaired) electrons. The minimum absolute atomic E-state index is 0.0177. The molecule has 1 amide bonds. The summed E-state index contributed by atoms with van der Waals surface area (Å²) < 4.78 is 0. The van der Waals surface area contributed by atoms with Gasteiger partial charge in [0.2, 0.25) is 5.91 Å². The van der Waals surface area contributed by atoms with Gasteiger partial charge in [0.25, 0.3) is 0 Å². The third-order valence-corrected chi connectivity index (χ3v) is 3.13. The highest BCUT2D eigenvalue weighted by molar-refractivity contribution is 5.76. The van der Waals surface area contributed by atoms with Gasteiger partial charge in [-0.25, -0.2) is 0 Å². The van der Waals surface area contributed by atoms with Crippen molar-refractivity contribution in [1.82, 2.24) is 5.32 Å². The maximum absolute atomic E-state index is 11.6. The molecular weight excluding hydrogens is 226 g/mol. The topological polar surface area (TPSA) is 49.3 Å². The van der Waals surface area contributed by atoms with E-state index < -0.39 is 5.54 Å². The van der Waals surface area contributed by atoms with E-state index in [-0.39, 0.29) is 12.5 Å². The Morgan fingerprint density at radius 3 is 2.00 bits per heavy atom. The second kappa shape index (κ2) is 10.4. The monoisotopic (exact) mass is 257 g/mol. The second-order valence-electron chi connectivity index (χ2n) is 5.82. The highest BCUT2D eigenvalue weighted by Gasteiger charge is 2.18. The van der Waals surface area contributed by atoms with E-state index in [0.29, 0.717) is 6.42 Å². The molecule has 0 fully saturated rings. The van der Waals surface area contributed by atoms with Gasteiger partial charge in [0.1, 0.15) is 0 Å². The number of aliphatic hydroxyl groups excluding tert-OH is 1. The van der Waals surface area contributed by atoms with Crippen LogP contribution in [0.15, 0.2) is 0 Å². The minimum Gasteiger partial charge on any atom is -0.394 e. The van der Waals surface area contributed by atoms with E-state index in [9.17, 15) is 4.79 Å². The molecule has 0 aromatic carbocycles. The SMILES string of the molecule is CCCCCCCCCCC(=O)NC(C)(C)CO. The van der Waals surface area contributed by atoms with Gasteiger partial charge < -0.3 is 10.4 Å². The first-order chi connectivity index (χ1) is 8.52. The summed E-state index contributed by atoms with van der Waals surface area (Å²) in [7, 11) is 0. The van der Waals surface area contributed by atoms with Crippen molar-refractivity contribution < 1.29 is 9.90 Å². The normalized spacial score (nSPS) is 11.6. The largest absolute Gasteiger partial charge is 0.394 e. The number of rotatable bonds is 11. The molecule has 0 rings (SSSR count). The fraction of sp³-hybridized carbons (Fsp3) is 0.933. The molecule has 0 aromatic rings. The fourth-order valence-electron chi connectivity index (χ4n) is 1.90. The van der Waals surface area contributed by atoms with Crippen LogP contribution in [0, 0.1) is 0 Å². The number of carbonyl (C=O) groups excluding carboxylic acids is 1. The summed E-state index contributed by atoms with van der Waals surface area (Å²) in [5.41, 5.74) is -0.489. The molecule has 0 aliphatic carbocycles. The summed E-state index contributed by atoms with van der Waals surface area (Å²) in [4.78, 5) is 11.6. The molecule has 0 aliphatic rings. The third-order valence-electron chi connectivity index (χ3n) is 3.13. The van der Waals surface area contributed by atoms with Crippen LogP contribution in [0.2, 0.25) is 0 Å². The smallest absolute Gasteiger partial charge is 0.220 e. The minimum atomic E-state index is -0.489. The van der Waals surface area contributed by atoms with Gasteiger partial charge in [-0.05, 0) is 20.3 Å². The summed E-state index contributed by atoms with van der Waals surface area (Å²) >= 11 is 0. The van der Waals surface area contributed by atoms with Crippen molar-refractivity contribution in [2.45, 2.75) is 84.1 Å². The lowest BCUT2D eigenvalue weighted by molar-refractivity contribution is -0.123. The van der Waals surface area contributed by atoms with Gasteiger partial charge in [0, 0.05) is 6.42 Å². The molecule has 0 atom stereocenters. The van der Waals surface area contributed by atoms with E-state index in [4.69, 9.17) is 5.11 Å². The van der Waals surface area contributed by atoms with Crippen LogP contribution in [0.4, 0.5) is 0 Å². The Kier molecular flexibility index (Phi) is 10.0. The van der Waals surface area contributed by atoms with Crippen LogP contribution < -0.4 is 5.32 Å². The zero-order chi connectivity index (χ0) is 13.9. The molecule has 0 saturated carbocycles. The van der Waals surface area contributed by atoms with Crippen LogP contribution in [0.25, 0.3) is 0 Å². The Bertz CT molecular complexity index is 215. The highest BCUT2D eigenvalue weighted by atomic mass is 16.3. The molecule has 0 heterocycles. The van der Waals surface area contributed by atoms with Gasteiger partial charge >= 0.3 is 0 Å². The van der Waals surface area contributed by atoms with Crippen molar-refractivity contribution in [2.75, 3.05) is 6.61 Å². The zero-order valence-electron chi connectivity index (χ0n) is 12.4. The van der Waals surface area contributed by atoms with Gasteiger partial charge in [0.05, 0.1) is 12.1 Å². The summed E-state index contributed by atoms with van der Waals surface area (Å²) in [5.74, 6) is 0.0556. The van der Waals surface area contributed by atoms with Crippen LogP contribution in [0.3, 0.4) is 0 Å². The summed E-state index contributed by atoms with van der Waals surface area (Å²) in [6.07, 6.45) is 10.5. The summed E-state index contributed by atoms with van der Waals surface area (Å²) in [5, 5.41) is 11.9. The number of hydrogen-bond acceptors (Lipinski definition) is 2. The Morgan fingerprint density at radius 2 is 1.50 bits per heavy atom. The maximum atomic E-state index is 11.6. The van der Waals surface area contributed by atoms with Crippen LogP contribution in [0.1, 0.15) is 78.6 Å². The van der Waals surface area contributed by atoms with E-state index in [1.54, 1.807) is 0 Å². The molecule has 0 spiro atoms. The molecule has 0 aromatic heterocycles. The predicted molar refractivity (Wildman–Crippen MR) is 76.5 cm³/mol. The molecule has 0 aliphatic heterocycles. The average Bonchev–Trinajstić information content (AvgIpc) is 2.32. The molecule has 3 nitrogen and oxygen atoms in total. The van der Waals surface area contributed by atoms with Crippen molar-refractivity contribution >= 4 is 5.91 Å². The van der Waals surface area contributed by atoms with Gasteiger partial charge in [-0.2, -0.15) is 0 Å². The van der Waals surface area contributed by atoms with E-state index in [1.807, 2.05) is 13.8 Å². The van der Waals surface area contributed by atoms with Gasteiger partial charge in [-0.1, -0.05) is 51.9 Å².